The van der Waals surface area contributed by atoms with Crippen LogP contribution in [0.3, 0.4) is 0 Å². The Morgan fingerprint density at radius 1 is 1.42 bits per heavy atom. The van der Waals surface area contributed by atoms with Crippen LogP contribution in [0.4, 0.5) is 15.0 Å². The maximum Gasteiger partial charge on any atom is 0.404 e. The van der Waals surface area contributed by atoms with Crippen LogP contribution < -0.4 is 15.4 Å². The molecule has 0 aliphatic heterocycles. The fourth-order valence-corrected chi connectivity index (χ4v) is 2.56. The molecule has 0 aliphatic rings. The largest absolute Gasteiger partial charge is 0.497 e. The number of hydrogen-bond donors (Lipinski definition) is 3. The third kappa shape index (κ3) is 4.52. The summed E-state index contributed by atoms with van der Waals surface area (Å²) < 4.78 is 19.3. The molecule has 2 atom stereocenters. The number of pyridine rings is 1. The summed E-state index contributed by atoms with van der Waals surface area (Å²) in [7, 11) is 1.53. The molecule has 7 nitrogen and oxygen atoms in total. The summed E-state index contributed by atoms with van der Waals surface area (Å²) in [4.78, 5) is 14.9. The number of nitrogens with one attached hydrogen (secondary N) is 2. The van der Waals surface area contributed by atoms with Crippen molar-refractivity contribution in [1.29, 1.82) is 5.26 Å². The van der Waals surface area contributed by atoms with Crippen LogP contribution in [-0.2, 0) is 0 Å². The van der Waals surface area contributed by atoms with Gasteiger partial charge in [0.05, 0.1) is 24.8 Å². The van der Waals surface area contributed by atoms with Crippen LogP contribution in [0.1, 0.15) is 24.1 Å². The van der Waals surface area contributed by atoms with Crippen LogP contribution in [-0.4, -0.2) is 29.3 Å². The van der Waals surface area contributed by atoms with Crippen LogP contribution in [0.25, 0.3) is 0 Å². The number of hydrogen-bond acceptors (Lipinski definition) is 5. The van der Waals surface area contributed by atoms with Crippen molar-refractivity contribution in [1.82, 2.24) is 10.3 Å². The van der Waals surface area contributed by atoms with E-state index in [9.17, 15) is 9.18 Å². The predicted octanol–water partition coefficient (Wildman–Crippen LogP) is 3.56. The molecule has 136 valence electrons. The summed E-state index contributed by atoms with van der Waals surface area (Å²) in [5.41, 5.74) is 0.584. The molecule has 26 heavy (non-hydrogen) atoms. The van der Waals surface area contributed by atoms with Gasteiger partial charge in [-0.2, -0.15) is 5.26 Å². The topological polar surface area (TPSA) is 107 Å². The lowest BCUT2D eigenvalue weighted by molar-refractivity contribution is 0.189. The zero-order valence-corrected chi connectivity index (χ0v) is 14.7. The van der Waals surface area contributed by atoms with Gasteiger partial charge in [-0.05, 0) is 30.7 Å². The molecule has 0 aliphatic carbocycles. The fourth-order valence-electron chi connectivity index (χ4n) is 2.38. The molecule has 3 N–H and O–H groups in total. The predicted molar refractivity (Wildman–Crippen MR) is 93.9 cm³/mol. The highest BCUT2D eigenvalue weighted by atomic mass is 35.5. The normalized spacial score (nSPS) is 12.6. The Labute approximate surface area is 154 Å². The molecule has 9 heteroatoms. The lowest BCUT2D eigenvalue weighted by Crippen LogP contribution is -2.39. The van der Waals surface area contributed by atoms with Gasteiger partial charge >= 0.3 is 6.09 Å². The standard InChI is InChI=1S/C17H16ClFN4O3/c1-9(21-17(24)25)14(10-3-5-12(26-2)6-4-10)22-16-13(19)7-11(8-20)15(18)23-16/h3-7,9,14,21H,1-2H3,(H,22,23)(H,24,25)/t9-,14-/m0/s1. The number of ether oxygens (including phenoxy) is 1. The van der Waals surface area contributed by atoms with Crippen molar-refractivity contribution < 1.29 is 19.0 Å². The minimum absolute atomic E-state index is 0.0903. The number of carbonyl (C=O) groups is 1. The molecule has 0 fully saturated rings. The number of carboxylic acid groups (broad SMARTS) is 1. The minimum Gasteiger partial charge on any atom is -0.497 e. The highest BCUT2D eigenvalue weighted by molar-refractivity contribution is 6.30. The SMILES string of the molecule is COc1ccc([C@@H](Nc2nc(Cl)c(C#N)cc2F)[C@H](C)NC(=O)O)cc1. The molecule has 1 amide bonds. The molecule has 2 rings (SSSR count). The highest BCUT2D eigenvalue weighted by Gasteiger charge is 2.23. The monoisotopic (exact) mass is 378 g/mol. The Balaban J connectivity index is 2.39. The Morgan fingerprint density at radius 3 is 2.62 bits per heavy atom. The van der Waals surface area contributed by atoms with Crippen molar-refractivity contribution in [3.05, 3.63) is 52.4 Å². The number of halogens is 2. The van der Waals surface area contributed by atoms with Crippen molar-refractivity contribution in [2.45, 2.75) is 19.0 Å². The molecule has 0 bridgehead atoms. The lowest BCUT2D eigenvalue weighted by Gasteiger charge is -2.26. The van der Waals surface area contributed by atoms with E-state index in [2.05, 4.69) is 15.6 Å². The second-order valence-corrected chi connectivity index (χ2v) is 5.76. The first-order valence-electron chi connectivity index (χ1n) is 7.51. The summed E-state index contributed by atoms with van der Waals surface area (Å²) in [5.74, 6) is -0.335. The van der Waals surface area contributed by atoms with Gasteiger partial charge in [-0.25, -0.2) is 14.2 Å². The van der Waals surface area contributed by atoms with Crippen molar-refractivity contribution >= 4 is 23.5 Å². The molecule has 0 saturated carbocycles. The minimum atomic E-state index is -1.22. The molecule has 0 unspecified atom stereocenters. The van der Waals surface area contributed by atoms with Crippen LogP contribution in [0, 0.1) is 17.1 Å². The summed E-state index contributed by atoms with van der Waals surface area (Å²) >= 11 is 5.87. The second kappa shape index (κ2) is 8.36. The smallest absolute Gasteiger partial charge is 0.404 e. The number of benzene rings is 1. The molecular formula is C17H16ClFN4O3. The van der Waals surface area contributed by atoms with Gasteiger partial charge in [0, 0.05) is 0 Å². The number of nitriles is 1. The number of nitrogens with zero attached hydrogens (tertiary/aromatic N) is 2. The van der Waals surface area contributed by atoms with Gasteiger partial charge in [-0.3, -0.25) is 0 Å². The van der Waals surface area contributed by atoms with Crippen molar-refractivity contribution in [3.63, 3.8) is 0 Å². The molecular weight excluding hydrogens is 363 g/mol. The van der Waals surface area contributed by atoms with Crippen LogP contribution in [0.5, 0.6) is 5.75 Å². The van der Waals surface area contributed by atoms with Gasteiger partial charge in [0.15, 0.2) is 11.6 Å². The van der Waals surface area contributed by atoms with E-state index in [1.165, 1.54) is 7.11 Å². The van der Waals surface area contributed by atoms with Crippen LogP contribution in [0.15, 0.2) is 30.3 Å². The highest BCUT2D eigenvalue weighted by Crippen LogP contribution is 2.27. The van der Waals surface area contributed by atoms with Gasteiger partial charge in [0.2, 0.25) is 0 Å². The third-order valence-corrected chi connectivity index (χ3v) is 3.96. The molecule has 0 saturated heterocycles. The maximum absolute atomic E-state index is 14.2. The molecule has 1 aromatic heterocycles. The molecule has 0 spiro atoms. The first-order chi connectivity index (χ1) is 12.3. The summed E-state index contributed by atoms with van der Waals surface area (Å²) in [5, 5.41) is 22.9. The third-order valence-electron chi connectivity index (χ3n) is 3.67. The van der Waals surface area contributed by atoms with Gasteiger partial charge in [0.1, 0.15) is 17.0 Å². The van der Waals surface area contributed by atoms with Gasteiger partial charge in [0.25, 0.3) is 0 Å². The fraction of sp³-hybridized carbons (Fsp3) is 0.235. The molecule has 2 aromatic rings. The first-order valence-corrected chi connectivity index (χ1v) is 7.89. The quantitative estimate of drug-likeness (QED) is 0.663. The average Bonchev–Trinajstić information content (AvgIpc) is 2.61. The van der Waals surface area contributed by atoms with E-state index >= 15 is 0 Å². The Kier molecular flexibility index (Phi) is 6.20. The Bertz CT molecular complexity index is 839. The number of aromatic nitrogens is 1. The van der Waals surface area contributed by atoms with Gasteiger partial charge in [-0.1, -0.05) is 23.7 Å². The van der Waals surface area contributed by atoms with Crippen LogP contribution in [0.2, 0.25) is 5.15 Å². The summed E-state index contributed by atoms with van der Waals surface area (Å²) in [6.07, 6.45) is -1.22. The van der Waals surface area contributed by atoms with E-state index in [0.717, 1.165) is 6.07 Å². The molecule has 1 aromatic carbocycles. The maximum atomic E-state index is 14.2. The number of anilines is 1. The zero-order valence-electron chi connectivity index (χ0n) is 14.0. The van der Waals surface area contributed by atoms with Crippen LogP contribution >= 0.6 is 11.6 Å². The summed E-state index contributed by atoms with van der Waals surface area (Å²) in [6.45, 7) is 1.62. The van der Waals surface area contributed by atoms with Crippen molar-refractivity contribution in [2.24, 2.45) is 0 Å². The van der Waals surface area contributed by atoms with Gasteiger partial charge < -0.3 is 20.5 Å². The van der Waals surface area contributed by atoms with E-state index in [4.69, 9.17) is 26.7 Å². The lowest BCUT2D eigenvalue weighted by atomic mass is 10.00. The van der Waals surface area contributed by atoms with E-state index in [1.807, 2.05) is 0 Å². The number of methoxy groups -OCH3 is 1. The van der Waals surface area contributed by atoms with E-state index in [-0.39, 0.29) is 16.5 Å². The van der Waals surface area contributed by atoms with Gasteiger partial charge in [-0.15, -0.1) is 0 Å². The Morgan fingerprint density at radius 2 is 2.08 bits per heavy atom. The first kappa shape index (κ1) is 19.3. The number of rotatable bonds is 6. The molecule has 1 heterocycles. The second-order valence-electron chi connectivity index (χ2n) is 5.40. The van der Waals surface area contributed by atoms with E-state index < -0.39 is 24.0 Å². The van der Waals surface area contributed by atoms with Crippen molar-refractivity contribution in [2.75, 3.05) is 12.4 Å². The van der Waals surface area contributed by atoms with E-state index in [0.29, 0.717) is 11.3 Å². The van der Waals surface area contributed by atoms with E-state index in [1.54, 1.807) is 37.3 Å². The molecule has 0 radical (unpaired) electrons. The average molecular weight is 379 g/mol. The Hall–Kier alpha value is -3.05. The zero-order chi connectivity index (χ0) is 19.3. The van der Waals surface area contributed by atoms with Crippen molar-refractivity contribution in [3.8, 4) is 11.8 Å². The summed E-state index contributed by atoms with van der Waals surface area (Å²) in [6, 6.07) is 8.28. The number of amides is 1.